The molecule has 0 radical (unpaired) electrons. The number of hydrogen-bond donors (Lipinski definition) is 1. The van der Waals surface area contributed by atoms with Crippen LogP contribution in [0.15, 0.2) is 48.5 Å². The minimum absolute atomic E-state index is 0.202. The first-order valence-corrected chi connectivity index (χ1v) is 10.0. The second-order valence-electron chi connectivity index (χ2n) is 6.00. The van der Waals surface area contributed by atoms with Gasteiger partial charge in [-0.05, 0) is 37.3 Å². The number of methoxy groups -OCH3 is 1. The molecular formula is C19H20N2O6S. The van der Waals surface area contributed by atoms with Gasteiger partial charge in [0, 0.05) is 11.3 Å². The largest absolute Gasteiger partial charge is 0.465 e. The highest BCUT2D eigenvalue weighted by atomic mass is 32.2. The van der Waals surface area contributed by atoms with E-state index in [9.17, 15) is 22.8 Å². The van der Waals surface area contributed by atoms with Gasteiger partial charge in [0.25, 0.3) is 0 Å². The molecule has 0 aliphatic carbocycles. The van der Waals surface area contributed by atoms with Crippen LogP contribution in [0, 0.1) is 0 Å². The molecule has 1 N–H and O–H groups in total. The van der Waals surface area contributed by atoms with Crippen molar-refractivity contribution in [2.75, 3.05) is 29.5 Å². The lowest BCUT2D eigenvalue weighted by atomic mass is 10.1. The van der Waals surface area contributed by atoms with Gasteiger partial charge in [-0.1, -0.05) is 18.2 Å². The molecule has 1 amide bonds. The van der Waals surface area contributed by atoms with E-state index >= 15 is 0 Å². The summed E-state index contributed by atoms with van der Waals surface area (Å²) in [7, 11) is -2.54. The number of carbonyl (C=O) groups excluding carboxylic acids is 3. The van der Waals surface area contributed by atoms with Crippen LogP contribution in [0.5, 0.6) is 0 Å². The molecule has 0 fully saturated rings. The highest BCUT2D eigenvalue weighted by Gasteiger charge is 2.21. The third kappa shape index (κ3) is 5.40. The number of nitrogens with zero attached hydrogens (tertiary/aromatic N) is 1. The topological polar surface area (TPSA) is 110 Å². The van der Waals surface area contributed by atoms with E-state index in [0.717, 1.165) is 10.6 Å². The van der Waals surface area contributed by atoms with Crippen LogP contribution in [0.1, 0.15) is 27.6 Å². The number of carbonyl (C=O) groups is 3. The van der Waals surface area contributed by atoms with Gasteiger partial charge in [-0.3, -0.25) is 13.9 Å². The number of sulfonamides is 1. The summed E-state index contributed by atoms with van der Waals surface area (Å²) in [6.07, 6.45) is 0.971. The third-order valence-corrected chi connectivity index (χ3v) is 4.94. The van der Waals surface area contributed by atoms with Crippen molar-refractivity contribution >= 4 is 39.1 Å². The van der Waals surface area contributed by atoms with Crippen molar-refractivity contribution in [3.63, 3.8) is 0 Å². The lowest BCUT2D eigenvalue weighted by Gasteiger charge is -2.22. The van der Waals surface area contributed by atoms with Gasteiger partial charge in [-0.15, -0.1) is 0 Å². The maximum Gasteiger partial charge on any atom is 0.337 e. The van der Waals surface area contributed by atoms with E-state index in [-0.39, 0.29) is 17.0 Å². The van der Waals surface area contributed by atoms with E-state index in [1.165, 1.54) is 38.3 Å². The molecule has 0 aliphatic rings. The first-order chi connectivity index (χ1) is 13.1. The van der Waals surface area contributed by atoms with Crippen LogP contribution in [0.4, 0.5) is 11.4 Å². The molecule has 0 atom stereocenters. The van der Waals surface area contributed by atoms with Gasteiger partial charge in [-0.2, -0.15) is 0 Å². The summed E-state index contributed by atoms with van der Waals surface area (Å²) < 4.78 is 29.9. The number of rotatable bonds is 7. The Labute approximate surface area is 163 Å². The van der Waals surface area contributed by atoms with E-state index in [0.29, 0.717) is 11.3 Å². The monoisotopic (exact) mass is 404 g/mol. The molecular weight excluding hydrogens is 384 g/mol. The smallest absolute Gasteiger partial charge is 0.337 e. The average Bonchev–Trinajstić information content (AvgIpc) is 2.64. The standard InChI is InChI=1S/C19H20N2O6S/c1-13(22)14-6-5-9-17(11-14)21(28(3,25)26)12-18(23)20-16-8-4-7-15(10-16)19(24)27-2/h4-11H,12H2,1-3H3,(H,20,23). The van der Waals surface area contributed by atoms with Crippen molar-refractivity contribution in [3.05, 3.63) is 59.7 Å². The fourth-order valence-corrected chi connectivity index (χ4v) is 3.30. The van der Waals surface area contributed by atoms with Crippen LogP contribution in [0.3, 0.4) is 0 Å². The maximum absolute atomic E-state index is 12.4. The number of nitrogens with one attached hydrogen (secondary N) is 1. The number of anilines is 2. The van der Waals surface area contributed by atoms with E-state index in [4.69, 9.17) is 0 Å². The van der Waals surface area contributed by atoms with Crippen LogP contribution in [-0.2, 0) is 19.6 Å². The van der Waals surface area contributed by atoms with Crippen molar-refractivity contribution < 1.29 is 27.5 Å². The van der Waals surface area contributed by atoms with Crippen molar-refractivity contribution in [3.8, 4) is 0 Å². The number of Topliss-reactive ketones (excluding diaryl/α,β-unsaturated/α-hetero) is 1. The van der Waals surface area contributed by atoms with Crippen molar-refractivity contribution in [1.82, 2.24) is 0 Å². The number of hydrogen-bond acceptors (Lipinski definition) is 6. The molecule has 28 heavy (non-hydrogen) atoms. The number of ether oxygens (including phenoxy) is 1. The summed E-state index contributed by atoms with van der Waals surface area (Å²) in [4.78, 5) is 35.6. The van der Waals surface area contributed by atoms with Crippen LogP contribution >= 0.6 is 0 Å². The van der Waals surface area contributed by atoms with Crippen LogP contribution < -0.4 is 9.62 Å². The summed E-state index contributed by atoms with van der Waals surface area (Å²) in [5.41, 5.74) is 1.10. The molecule has 0 unspecified atom stereocenters. The van der Waals surface area contributed by atoms with Gasteiger partial charge in [0.2, 0.25) is 15.9 Å². The SMILES string of the molecule is COC(=O)c1cccc(NC(=O)CN(c2cccc(C(C)=O)c2)S(C)(=O)=O)c1. The van der Waals surface area contributed by atoms with Crippen molar-refractivity contribution in [1.29, 1.82) is 0 Å². The van der Waals surface area contributed by atoms with Crippen LogP contribution in [0.25, 0.3) is 0 Å². The fraction of sp³-hybridized carbons (Fsp3) is 0.211. The Bertz CT molecular complexity index is 1020. The van der Waals surface area contributed by atoms with Gasteiger partial charge in [-0.25, -0.2) is 13.2 Å². The second kappa shape index (κ2) is 8.66. The van der Waals surface area contributed by atoms with Crippen molar-refractivity contribution in [2.45, 2.75) is 6.92 Å². The summed E-state index contributed by atoms with van der Waals surface area (Å²) in [5, 5.41) is 2.55. The first-order valence-electron chi connectivity index (χ1n) is 8.19. The Kier molecular flexibility index (Phi) is 6.53. The Morgan fingerprint density at radius 3 is 2.29 bits per heavy atom. The highest BCUT2D eigenvalue weighted by molar-refractivity contribution is 7.92. The Morgan fingerprint density at radius 1 is 1.04 bits per heavy atom. The molecule has 0 aromatic heterocycles. The lowest BCUT2D eigenvalue weighted by Crippen LogP contribution is -2.37. The van der Waals surface area contributed by atoms with Gasteiger partial charge in [0.05, 0.1) is 24.6 Å². The molecule has 0 aliphatic heterocycles. The van der Waals surface area contributed by atoms with Crippen molar-refractivity contribution in [2.24, 2.45) is 0 Å². The van der Waals surface area contributed by atoms with Gasteiger partial charge >= 0.3 is 5.97 Å². The summed E-state index contributed by atoms with van der Waals surface area (Å²) >= 11 is 0. The maximum atomic E-state index is 12.4. The van der Waals surface area contributed by atoms with Gasteiger partial charge < -0.3 is 10.1 Å². The molecule has 0 spiro atoms. The molecule has 0 saturated heterocycles. The zero-order chi connectivity index (χ0) is 20.9. The molecule has 0 bridgehead atoms. The van der Waals surface area contributed by atoms with Gasteiger partial charge in [0.1, 0.15) is 6.54 Å². The van der Waals surface area contributed by atoms with Crippen LogP contribution in [-0.4, -0.2) is 46.0 Å². The van der Waals surface area contributed by atoms with E-state index < -0.39 is 28.4 Å². The molecule has 2 rings (SSSR count). The highest BCUT2D eigenvalue weighted by Crippen LogP contribution is 2.20. The molecule has 0 saturated carbocycles. The Hall–Kier alpha value is -3.20. The van der Waals surface area contributed by atoms with Gasteiger partial charge in [0.15, 0.2) is 5.78 Å². The predicted molar refractivity (Wildman–Crippen MR) is 105 cm³/mol. The van der Waals surface area contributed by atoms with E-state index in [1.54, 1.807) is 24.3 Å². The quantitative estimate of drug-likeness (QED) is 0.559. The Balaban J connectivity index is 2.24. The summed E-state index contributed by atoms with van der Waals surface area (Å²) in [5.74, 6) is -1.39. The lowest BCUT2D eigenvalue weighted by molar-refractivity contribution is -0.114. The number of benzene rings is 2. The average molecular weight is 404 g/mol. The zero-order valence-corrected chi connectivity index (χ0v) is 16.4. The molecule has 9 heteroatoms. The molecule has 8 nitrogen and oxygen atoms in total. The minimum Gasteiger partial charge on any atom is -0.465 e. The van der Waals surface area contributed by atoms with E-state index in [2.05, 4.69) is 10.1 Å². The number of esters is 1. The fourth-order valence-electron chi connectivity index (χ4n) is 2.45. The normalized spacial score (nSPS) is 10.8. The molecule has 148 valence electrons. The molecule has 2 aromatic rings. The number of amides is 1. The molecule has 2 aromatic carbocycles. The third-order valence-electron chi connectivity index (χ3n) is 3.80. The predicted octanol–water partition coefficient (Wildman–Crippen LogP) is 2.08. The Morgan fingerprint density at radius 2 is 1.68 bits per heavy atom. The molecule has 0 heterocycles. The summed E-state index contributed by atoms with van der Waals surface area (Å²) in [6, 6.07) is 12.1. The van der Waals surface area contributed by atoms with Crippen LogP contribution in [0.2, 0.25) is 0 Å². The van der Waals surface area contributed by atoms with E-state index in [1.807, 2.05) is 0 Å². The zero-order valence-electron chi connectivity index (χ0n) is 15.6. The first kappa shape index (κ1) is 21.1. The number of ketones is 1. The second-order valence-corrected chi connectivity index (χ2v) is 7.90. The minimum atomic E-state index is -3.79. The summed E-state index contributed by atoms with van der Waals surface area (Å²) in [6.45, 7) is 0.869.